The van der Waals surface area contributed by atoms with Crippen molar-refractivity contribution in [3.63, 3.8) is 0 Å². The Bertz CT molecular complexity index is 1100. The molecule has 27 heavy (non-hydrogen) atoms. The molecule has 4 aromatic rings. The first-order valence-electron chi connectivity index (χ1n) is 9.03. The highest BCUT2D eigenvalue weighted by atomic mass is 15.3. The maximum absolute atomic E-state index is 4.78. The van der Waals surface area contributed by atoms with Gasteiger partial charge < -0.3 is 20.1 Å². The smallest absolute Gasteiger partial charge is 0.231 e. The second-order valence-electron chi connectivity index (χ2n) is 6.80. The number of likely N-dealkylation sites (N-methyl/N-ethyl adjacent to an activating group) is 1. The van der Waals surface area contributed by atoms with Crippen molar-refractivity contribution in [1.82, 2.24) is 29.8 Å². The molecule has 0 unspecified atom stereocenters. The number of nitrogens with zero attached hydrogens (tertiary/aromatic N) is 6. The van der Waals surface area contributed by atoms with Crippen molar-refractivity contribution in [2.24, 2.45) is 0 Å². The molecule has 0 bridgehead atoms. The van der Waals surface area contributed by atoms with Crippen LogP contribution in [0.3, 0.4) is 0 Å². The number of benzene rings is 1. The van der Waals surface area contributed by atoms with Crippen molar-refractivity contribution < 1.29 is 0 Å². The molecule has 5 rings (SSSR count). The second-order valence-corrected chi connectivity index (χ2v) is 6.80. The van der Waals surface area contributed by atoms with Crippen LogP contribution in [0.5, 0.6) is 0 Å². The van der Waals surface area contributed by atoms with Gasteiger partial charge in [-0.25, -0.2) is 4.98 Å². The quantitative estimate of drug-likeness (QED) is 0.580. The number of hydrogen-bond acceptors (Lipinski definition) is 7. The van der Waals surface area contributed by atoms with E-state index in [2.05, 4.69) is 48.2 Å². The van der Waals surface area contributed by atoms with Gasteiger partial charge >= 0.3 is 0 Å². The van der Waals surface area contributed by atoms with E-state index in [-0.39, 0.29) is 0 Å². The highest BCUT2D eigenvalue weighted by molar-refractivity contribution is 5.86. The van der Waals surface area contributed by atoms with Gasteiger partial charge in [0.1, 0.15) is 0 Å². The Morgan fingerprint density at radius 1 is 1.04 bits per heavy atom. The minimum Gasteiger partial charge on any atom is -0.352 e. The average Bonchev–Trinajstić information content (AvgIpc) is 3.16. The predicted molar refractivity (Wildman–Crippen MR) is 106 cm³/mol. The zero-order valence-corrected chi connectivity index (χ0v) is 15.1. The van der Waals surface area contributed by atoms with Gasteiger partial charge in [-0.3, -0.25) is 4.98 Å². The molecule has 1 saturated heterocycles. The lowest BCUT2D eigenvalue weighted by Crippen LogP contribution is -2.45. The van der Waals surface area contributed by atoms with E-state index < -0.39 is 0 Å². The number of fused-ring (bicyclic) bond motifs is 2. The molecule has 0 aliphatic carbocycles. The van der Waals surface area contributed by atoms with Gasteiger partial charge in [0.05, 0.1) is 11.8 Å². The lowest BCUT2D eigenvalue weighted by Gasteiger charge is -2.33. The van der Waals surface area contributed by atoms with Gasteiger partial charge in [-0.1, -0.05) is 6.07 Å². The second kappa shape index (κ2) is 6.48. The van der Waals surface area contributed by atoms with Gasteiger partial charge in [0.25, 0.3) is 0 Å². The maximum atomic E-state index is 4.78. The van der Waals surface area contributed by atoms with Crippen molar-refractivity contribution in [3.8, 4) is 0 Å². The van der Waals surface area contributed by atoms with Crippen LogP contribution in [-0.4, -0.2) is 63.0 Å². The number of hydrogen-bond donors (Lipinski definition) is 2. The minimum absolute atomic E-state index is 0.559. The van der Waals surface area contributed by atoms with Crippen molar-refractivity contribution in [2.75, 3.05) is 43.4 Å². The first-order valence-corrected chi connectivity index (χ1v) is 9.03. The molecule has 0 atom stereocenters. The average molecular weight is 360 g/mol. The summed E-state index contributed by atoms with van der Waals surface area (Å²) >= 11 is 0. The number of anilines is 3. The number of H-pyrrole nitrogens is 1. The van der Waals surface area contributed by atoms with Crippen LogP contribution in [0.4, 0.5) is 17.5 Å². The fourth-order valence-corrected chi connectivity index (χ4v) is 3.40. The van der Waals surface area contributed by atoms with Gasteiger partial charge in [-0.05, 0) is 31.3 Å². The van der Waals surface area contributed by atoms with E-state index in [1.165, 1.54) is 0 Å². The molecule has 0 amide bonds. The van der Waals surface area contributed by atoms with E-state index >= 15 is 0 Å². The van der Waals surface area contributed by atoms with Gasteiger partial charge in [0, 0.05) is 43.4 Å². The van der Waals surface area contributed by atoms with Crippen LogP contribution in [-0.2, 0) is 0 Å². The molecule has 2 N–H and O–H groups in total. The Labute approximate surface area is 156 Å². The number of aromatic amines is 1. The van der Waals surface area contributed by atoms with Crippen molar-refractivity contribution in [2.45, 2.75) is 0 Å². The minimum atomic E-state index is 0.559. The van der Waals surface area contributed by atoms with E-state index in [1.807, 2.05) is 24.3 Å². The molecule has 8 nitrogen and oxygen atoms in total. The first kappa shape index (κ1) is 16.0. The molecule has 4 heterocycles. The molecule has 1 aliphatic heterocycles. The maximum Gasteiger partial charge on any atom is 0.231 e. The molecule has 1 aliphatic rings. The third-order valence-corrected chi connectivity index (χ3v) is 4.92. The zero-order chi connectivity index (χ0) is 18.2. The summed E-state index contributed by atoms with van der Waals surface area (Å²) in [6.45, 7) is 3.87. The summed E-state index contributed by atoms with van der Waals surface area (Å²) in [4.78, 5) is 25.9. The van der Waals surface area contributed by atoms with E-state index in [0.29, 0.717) is 5.95 Å². The SMILES string of the molecule is CN1CCN(c2nc(Nc3ccc4ncccc4c3)nc3[nH]cnc23)CC1. The molecule has 8 heteroatoms. The highest BCUT2D eigenvalue weighted by Gasteiger charge is 2.20. The number of piperazine rings is 1. The summed E-state index contributed by atoms with van der Waals surface area (Å²) in [7, 11) is 2.14. The van der Waals surface area contributed by atoms with Crippen LogP contribution >= 0.6 is 0 Å². The largest absolute Gasteiger partial charge is 0.352 e. The van der Waals surface area contributed by atoms with E-state index in [9.17, 15) is 0 Å². The van der Waals surface area contributed by atoms with Crippen LogP contribution in [0.1, 0.15) is 0 Å². The predicted octanol–water partition coefficient (Wildman–Crippen LogP) is 2.40. The van der Waals surface area contributed by atoms with Gasteiger partial charge in [0.15, 0.2) is 17.0 Å². The molecule has 0 radical (unpaired) electrons. The fraction of sp³-hybridized carbons (Fsp3) is 0.263. The molecule has 1 fully saturated rings. The number of imidazole rings is 1. The van der Waals surface area contributed by atoms with E-state index in [1.54, 1.807) is 12.5 Å². The summed E-state index contributed by atoms with van der Waals surface area (Å²) in [5, 5.41) is 4.40. The van der Waals surface area contributed by atoms with E-state index in [0.717, 1.165) is 59.8 Å². The van der Waals surface area contributed by atoms with Crippen LogP contribution in [0.25, 0.3) is 22.1 Å². The topological polar surface area (TPSA) is 85.9 Å². The van der Waals surface area contributed by atoms with Crippen molar-refractivity contribution in [3.05, 3.63) is 42.9 Å². The number of aromatic nitrogens is 5. The molecular weight excluding hydrogens is 340 g/mol. The summed E-state index contributed by atoms with van der Waals surface area (Å²) in [5.74, 6) is 1.43. The summed E-state index contributed by atoms with van der Waals surface area (Å²) in [6.07, 6.45) is 3.47. The van der Waals surface area contributed by atoms with Crippen LogP contribution in [0, 0.1) is 0 Å². The Kier molecular flexibility index (Phi) is 3.83. The lowest BCUT2D eigenvalue weighted by molar-refractivity contribution is 0.312. The molecule has 0 spiro atoms. The standard InChI is InChI=1S/C19H20N8/c1-26-7-9-27(10-8-26)18-16-17(22-12-21-16)24-19(25-18)23-14-4-5-15-13(11-14)3-2-6-20-15/h2-6,11-12H,7-10H2,1H3,(H2,21,22,23,24,25). The first-order chi connectivity index (χ1) is 13.3. The number of nitrogens with one attached hydrogen (secondary N) is 2. The van der Waals surface area contributed by atoms with Crippen molar-refractivity contribution >= 4 is 39.5 Å². The molecular formula is C19H20N8. The summed E-state index contributed by atoms with van der Waals surface area (Å²) in [6, 6.07) is 10.0. The van der Waals surface area contributed by atoms with E-state index in [4.69, 9.17) is 4.98 Å². The normalized spacial score (nSPS) is 15.5. The Morgan fingerprint density at radius 2 is 1.93 bits per heavy atom. The molecule has 136 valence electrons. The number of rotatable bonds is 3. The Morgan fingerprint density at radius 3 is 2.81 bits per heavy atom. The van der Waals surface area contributed by atoms with Crippen LogP contribution in [0.2, 0.25) is 0 Å². The van der Waals surface area contributed by atoms with Gasteiger partial charge in [0.2, 0.25) is 5.95 Å². The van der Waals surface area contributed by atoms with Gasteiger partial charge in [-0.2, -0.15) is 9.97 Å². The third-order valence-electron chi connectivity index (χ3n) is 4.92. The summed E-state index contributed by atoms with van der Waals surface area (Å²) in [5.41, 5.74) is 3.45. The molecule has 1 aromatic carbocycles. The third kappa shape index (κ3) is 3.04. The van der Waals surface area contributed by atoms with Crippen LogP contribution in [0.15, 0.2) is 42.9 Å². The molecule has 0 saturated carbocycles. The fourth-order valence-electron chi connectivity index (χ4n) is 3.40. The zero-order valence-electron chi connectivity index (χ0n) is 15.1. The highest BCUT2D eigenvalue weighted by Crippen LogP contribution is 2.26. The van der Waals surface area contributed by atoms with Crippen LogP contribution < -0.4 is 10.2 Å². The van der Waals surface area contributed by atoms with Crippen molar-refractivity contribution in [1.29, 1.82) is 0 Å². The Hall–Kier alpha value is -3.26. The monoisotopic (exact) mass is 360 g/mol. The Balaban J connectivity index is 1.51. The van der Waals surface area contributed by atoms with Gasteiger partial charge in [-0.15, -0.1) is 0 Å². The molecule has 3 aromatic heterocycles. The lowest BCUT2D eigenvalue weighted by atomic mass is 10.2. The number of pyridine rings is 1. The summed E-state index contributed by atoms with van der Waals surface area (Å²) < 4.78 is 0.